The number of methoxy groups -OCH3 is 1. The van der Waals surface area contributed by atoms with Crippen LogP contribution in [0.25, 0.3) is 0 Å². The summed E-state index contributed by atoms with van der Waals surface area (Å²) in [5.41, 5.74) is 3.85. The van der Waals surface area contributed by atoms with Crippen molar-refractivity contribution >= 4 is 17.4 Å². The fourth-order valence-electron chi connectivity index (χ4n) is 1.85. The van der Waals surface area contributed by atoms with E-state index in [1.54, 1.807) is 7.11 Å². The Labute approximate surface area is 125 Å². The van der Waals surface area contributed by atoms with Crippen LogP contribution in [-0.2, 0) is 5.75 Å². The van der Waals surface area contributed by atoms with Gasteiger partial charge in [-0.15, -0.1) is 0 Å². The van der Waals surface area contributed by atoms with Gasteiger partial charge in [-0.25, -0.2) is 0 Å². The zero-order valence-corrected chi connectivity index (χ0v) is 12.9. The van der Waals surface area contributed by atoms with Gasteiger partial charge in [-0.05, 0) is 36.8 Å². The molecule has 2 aromatic carbocycles. The van der Waals surface area contributed by atoms with Crippen molar-refractivity contribution < 1.29 is 4.74 Å². The molecule has 2 aromatic rings. The molecule has 0 atom stereocenters. The highest BCUT2D eigenvalue weighted by Gasteiger charge is 1.95. The number of ether oxygens (including phenoxy) is 1. The lowest BCUT2D eigenvalue weighted by molar-refractivity contribution is 0.415. The van der Waals surface area contributed by atoms with Gasteiger partial charge in [-0.2, -0.15) is 11.8 Å². The van der Waals surface area contributed by atoms with Crippen LogP contribution in [0.15, 0.2) is 48.5 Å². The second-order valence-corrected chi connectivity index (χ2v) is 5.80. The Morgan fingerprint density at radius 3 is 2.35 bits per heavy atom. The number of thioether (sulfide) groups is 1. The van der Waals surface area contributed by atoms with Crippen molar-refractivity contribution in [3.05, 3.63) is 59.7 Å². The molecule has 0 aliphatic carbocycles. The van der Waals surface area contributed by atoms with E-state index in [0.29, 0.717) is 0 Å². The van der Waals surface area contributed by atoms with Crippen molar-refractivity contribution in [1.29, 1.82) is 0 Å². The van der Waals surface area contributed by atoms with E-state index in [1.165, 1.54) is 11.1 Å². The van der Waals surface area contributed by atoms with Crippen LogP contribution in [0, 0.1) is 6.92 Å². The van der Waals surface area contributed by atoms with E-state index in [4.69, 9.17) is 4.74 Å². The van der Waals surface area contributed by atoms with Gasteiger partial charge in [0.05, 0.1) is 7.11 Å². The number of hydrogen-bond donors (Lipinski definition) is 1. The summed E-state index contributed by atoms with van der Waals surface area (Å²) in [4.78, 5) is 0. The number of aryl methyl sites for hydroxylation is 1. The molecule has 3 heteroatoms. The average Bonchev–Trinajstić information content (AvgIpc) is 2.49. The highest BCUT2D eigenvalue weighted by atomic mass is 32.2. The fourth-order valence-corrected chi connectivity index (χ4v) is 2.67. The Kier molecular flexibility index (Phi) is 5.81. The molecule has 2 rings (SSSR count). The molecule has 0 aromatic heterocycles. The topological polar surface area (TPSA) is 21.3 Å². The first-order valence-electron chi connectivity index (χ1n) is 6.79. The lowest BCUT2D eigenvalue weighted by Crippen LogP contribution is -2.04. The molecule has 0 aliphatic rings. The number of anilines is 1. The van der Waals surface area contributed by atoms with Crippen LogP contribution in [0.3, 0.4) is 0 Å². The molecule has 0 fully saturated rings. The second-order valence-electron chi connectivity index (χ2n) is 4.69. The minimum atomic E-state index is 0.893. The van der Waals surface area contributed by atoms with Crippen molar-refractivity contribution in [2.24, 2.45) is 0 Å². The Morgan fingerprint density at radius 1 is 1.00 bits per heavy atom. The quantitative estimate of drug-likeness (QED) is 0.765. The molecule has 0 saturated heterocycles. The van der Waals surface area contributed by atoms with Gasteiger partial charge in [0.25, 0.3) is 0 Å². The second kappa shape index (κ2) is 7.85. The Bertz CT molecular complexity index is 508. The molecule has 20 heavy (non-hydrogen) atoms. The van der Waals surface area contributed by atoms with Crippen molar-refractivity contribution in [3.8, 4) is 5.75 Å². The van der Waals surface area contributed by atoms with Crippen molar-refractivity contribution in [3.63, 3.8) is 0 Å². The summed E-state index contributed by atoms with van der Waals surface area (Å²) in [5.74, 6) is 3.06. The van der Waals surface area contributed by atoms with E-state index in [0.717, 1.165) is 29.5 Å². The van der Waals surface area contributed by atoms with E-state index >= 15 is 0 Å². The van der Waals surface area contributed by atoms with E-state index in [1.807, 2.05) is 36.0 Å². The molecule has 0 saturated carbocycles. The van der Waals surface area contributed by atoms with Crippen molar-refractivity contribution in [2.45, 2.75) is 12.7 Å². The monoisotopic (exact) mass is 287 g/mol. The van der Waals surface area contributed by atoms with Gasteiger partial charge in [-0.1, -0.05) is 29.8 Å². The van der Waals surface area contributed by atoms with E-state index in [-0.39, 0.29) is 0 Å². The standard InChI is InChI=1S/C17H21NOS/c1-14-3-5-15(6-4-14)13-20-12-11-18-16-7-9-17(19-2)10-8-16/h3-10,18H,11-13H2,1-2H3. The third-order valence-corrected chi connectivity index (χ3v) is 4.09. The molecular weight excluding hydrogens is 266 g/mol. The first-order chi connectivity index (χ1) is 9.78. The largest absolute Gasteiger partial charge is 0.497 e. The SMILES string of the molecule is COc1ccc(NCCSCc2ccc(C)cc2)cc1. The van der Waals surface area contributed by atoms with Gasteiger partial charge in [0.15, 0.2) is 0 Å². The summed E-state index contributed by atoms with van der Waals surface area (Å²) in [6.45, 7) is 3.10. The van der Waals surface area contributed by atoms with Crippen molar-refractivity contribution in [2.75, 3.05) is 24.7 Å². The van der Waals surface area contributed by atoms with Crippen LogP contribution >= 0.6 is 11.8 Å². The molecular formula is C17H21NOS. The number of nitrogens with one attached hydrogen (secondary N) is 1. The maximum absolute atomic E-state index is 5.14. The smallest absolute Gasteiger partial charge is 0.119 e. The summed E-state index contributed by atoms with van der Waals surface area (Å²) < 4.78 is 5.14. The normalized spacial score (nSPS) is 10.3. The third kappa shape index (κ3) is 4.82. The van der Waals surface area contributed by atoms with E-state index < -0.39 is 0 Å². The highest BCUT2D eigenvalue weighted by Crippen LogP contribution is 2.16. The van der Waals surface area contributed by atoms with Gasteiger partial charge >= 0.3 is 0 Å². The van der Waals surface area contributed by atoms with Crippen LogP contribution in [0.4, 0.5) is 5.69 Å². The average molecular weight is 287 g/mol. The highest BCUT2D eigenvalue weighted by molar-refractivity contribution is 7.98. The van der Waals surface area contributed by atoms with Crippen LogP contribution in [0.5, 0.6) is 5.75 Å². The summed E-state index contributed by atoms with van der Waals surface area (Å²) in [5, 5.41) is 3.41. The fraction of sp³-hybridized carbons (Fsp3) is 0.294. The Morgan fingerprint density at radius 2 is 1.70 bits per heavy atom. The van der Waals surface area contributed by atoms with Gasteiger partial charge < -0.3 is 10.1 Å². The molecule has 0 spiro atoms. The molecule has 0 unspecified atom stereocenters. The molecule has 0 bridgehead atoms. The molecule has 0 amide bonds. The summed E-state index contributed by atoms with van der Waals surface area (Å²) in [6.07, 6.45) is 0. The molecule has 1 N–H and O–H groups in total. The summed E-state index contributed by atoms with van der Waals surface area (Å²) >= 11 is 1.95. The van der Waals surface area contributed by atoms with Crippen LogP contribution in [-0.4, -0.2) is 19.4 Å². The Hall–Kier alpha value is -1.61. The predicted molar refractivity (Wildman–Crippen MR) is 88.8 cm³/mol. The molecule has 0 heterocycles. The van der Waals surface area contributed by atoms with Crippen LogP contribution < -0.4 is 10.1 Å². The molecule has 106 valence electrons. The number of hydrogen-bond acceptors (Lipinski definition) is 3. The minimum Gasteiger partial charge on any atom is -0.497 e. The molecule has 0 aliphatic heterocycles. The first-order valence-corrected chi connectivity index (χ1v) is 7.94. The first kappa shape index (κ1) is 14.8. The number of rotatable bonds is 7. The van der Waals surface area contributed by atoms with Crippen molar-refractivity contribution in [1.82, 2.24) is 0 Å². The zero-order valence-electron chi connectivity index (χ0n) is 12.1. The predicted octanol–water partition coefficient (Wildman–Crippen LogP) is 4.35. The van der Waals surface area contributed by atoms with E-state index in [9.17, 15) is 0 Å². The summed E-state index contributed by atoms with van der Waals surface area (Å²) in [7, 11) is 1.68. The molecule has 0 radical (unpaired) electrons. The Balaban J connectivity index is 1.64. The maximum atomic E-state index is 5.14. The third-order valence-electron chi connectivity index (χ3n) is 3.05. The van der Waals surface area contributed by atoms with Gasteiger partial charge in [0.1, 0.15) is 5.75 Å². The lowest BCUT2D eigenvalue weighted by atomic mass is 10.2. The zero-order chi connectivity index (χ0) is 14.2. The van der Waals surface area contributed by atoms with Gasteiger partial charge in [0, 0.05) is 23.7 Å². The van der Waals surface area contributed by atoms with Gasteiger partial charge in [-0.3, -0.25) is 0 Å². The van der Waals surface area contributed by atoms with E-state index in [2.05, 4.69) is 36.5 Å². The van der Waals surface area contributed by atoms with Crippen LogP contribution in [0.1, 0.15) is 11.1 Å². The lowest BCUT2D eigenvalue weighted by Gasteiger charge is -2.07. The van der Waals surface area contributed by atoms with Gasteiger partial charge in [0.2, 0.25) is 0 Å². The maximum Gasteiger partial charge on any atom is 0.119 e. The molecule has 2 nitrogen and oxygen atoms in total. The summed E-state index contributed by atoms with van der Waals surface area (Å²) in [6, 6.07) is 16.8. The minimum absolute atomic E-state index is 0.893. The number of benzene rings is 2. The van der Waals surface area contributed by atoms with Crippen LogP contribution in [0.2, 0.25) is 0 Å².